The zero-order valence-corrected chi connectivity index (χ0v) is 13.7. The van der Waals surface area contributed by atoms with Crippen LogP contribution in [-0.4, -0.2) is 67.3 Å². The van der Waals surface area contributed by atoms with Gasteiger partial charge in [-0.3, -0.25) is 4.90 Å². The lowest BCUT2D eigenvalue weighted by Crippen LogP contribution is -2.51. The van der Waals surface area contributed by atoms with E-state index in [4.69, 9.17) is 4.74 Å². The number of carbonyl (C=O) groups excluding carboxylic acids is 1. The number of ether oxygens (including phenoxy) is 1. The van der Waals surface area contributed by atoms with Crippen molar-refractivity contribution in [3.63, 3.8) is 0 Å². The summed E-state index contributed by atoms with van der Waals surface area (Å²) in [6.07, 6.45) is -0.185. The van der Waals surface area contributed by atoms with Gasteiger partial charge >= 0.3 is 6.09 Å². The predicted octanol–water partition coefficient (Wildman–Crippen LogP) is 1.78. The lowest BCUT2D eigenvalue weighted by molar-refractivity contribution is 0.0146. The van der Waals surface area contributed by atoms with Gasteiger partial charge in [-0.15, -0.1) is 0 Å². The van der Waals surface area contributed by atoms with E-state index in [0.717, 1.165) is 45.8 Å². The van der Waals surface area contributed by atoms with Crippen LogP contribution in [0.5, 0.6) is 0 Å². The Morgan fingerprint density at radius 1 is 1.20 bits per heavy atom. The minimum atomic E-state index is -0.408. The van der Waals surface area contributed by atoms with E-state index < -0.39 is 5.60 Å². The number of nitrogens with one attached hydrogen (secondary N) is 1. The Balaban J connectivity index is 2.18. The maximum Gasteiger partial charge on any atom is 0.410 e. The second-order valence-corrected chi connectivity index (χ2v) is 6.91. The van der Waals surface area contributed by atoms with Gasteiger partial charge in [0.25, 0.3) is 0 Å². The van der Waals surface area contributed by atoms with Crippen LogP contribution in [0, 0.1) is 5.92 Å². The number of hydrogen-bond acceptors (Lipinski definition) is 4. The van der Waals surface area contributed by atoms with Crippen LogP contribution in [0.25, 0.3) is 0 Å². The molecule has 5 heteroatoms. The number of amides is 1. The van der Waals surface area contributed by atoms with Crippen LogP contribution in [0.1, 0.15) is 34.6 Å². The summed E-state index contributed by atoms with van der Waals surface area (Å²) in [5.74, 6) is 0.694. The predicted molar refractivity (Wildman–Crippen MR) is 82.0 cm³/mol. The van der Waals surface area contributed by atoms with Crippen LogP contribution in [0.4, 0.5) is 4.79 Å². The summed E-state index contributed by atoms with van der Waals surface area (Å²) < 4.78 is 5.39. The maximum absolute atomic E-state index is 11.9. The zero-order chi connectivity index (χ0) is 15.2. The molecular weight excluding hydrogens is 254 g/mol. The Morgan fingerprint density at radius 2 is 1.80 bits per heavy atom. The van der Waals surface area contributed by atoms with Crippen LogP contribution >= 0.6 is 0 Å². The highest BCUT2D eigenvalue weighted by Crippen LogP contribution is 2.11. The van der Waals surface area contributed by atoms with Crippen molar-refractivity contribution in [2.45, 2.75) is 40.2 Å². The number of piperazine rings is 1. The first kappa shape index (κ1) is 17.2. The van der Waals surface area contributed by atoms with Gasteiger partial charge in [-0.25, -0.2) is 4.79 Å². The van der Waals surface area contributed by atoms with E-state index in [1.54, 1.807) is 0 Å². The number of hydrogen-bond donors (Lipinski definition) is 1. The molecule has 0 aromatic heterocycles. The molecule has 1 aliphatic heterocycles. The van der Waals surface area contributed by atoms with Crippen molar-refractivity contribution >= 4 is 6.09 Å². The van der Waals surface area contributed by atoms with Gasteiger partial charge in [0.05, 0.1) is 0 Å². The normalized spacial score (nSPS) is 17.6. The monoisotopic (exact) mass is 285 g/mol. The minimum Gasteiger partial charge on any atom is -0.444 e. The van der Waals surface area contributed by atoms with E-state index in [2.05, 4.69) is 24.1 Å². The lowest BCUT2D eigenvalue weighted by Gasteiger charge is -2.35. The molecule has 5 nitrogen and oxygen atoms in total. The lowest BCUT2D eigenvalue weighted by atomic mass is 10.2. The van der Waals surface area contributed by atoms with Crippen molar-refractivity contribution < 1.29 is 9.53 Å². The van der Waals surface area contributed by atoms with Crippen molar-refractivity contribution in [3.05, 3.63) is 0 Å². The van der Waals surface area contributed by atoms with E-state index in [0.29, 0.717) is 5.92 Å². The second-order valence-electron chi connectivity index (χ2n) is 6.91. The van der Waals surface area contributed by atoms with Gasteiger partial charge in [-0.05, 0) is 33.2 Å². The van der Waals surface area contributed by atoms with E-state index in [9.17, 15) is 4.79 Å². The molecule has 0 spiro atoms. The first-order valence-corrected chi connectivity index (χ1v) is 7.69. The molecule has 1 saturated heterocycles. The Hall–Kier alpha value is -0.810. The Labute approximate surface area is 123 Å². The molecule has 0 aliphatic carbocycles. The number of rotatable bonds is 5. The maximum atomic E-state index is 11.9. The molecular formula is C15H31N3O2. The van der Waals surface area contributed by atoms with Crippen LogP contribution in [0.3, 0.4) is 0 Å². The quantitative estimate of drug-likeness (QED) is 0.782. The average Bonchev–Trinajstić information content (AvgIpc) is 2.33. The summed E-state index contributed by atoms with van der Waals surface area (Å²) >= 11 is 0. The van der Waals surface area contributed by atoms with Crippen LogP contribution in [0.2, 0.25) is 0 Å². The molecule has 20 heavy (non-hydrogen) atoms. The topological polar surface area (TPSA) is 44.8 Å². The summed E-state index contributed by atoms with van der Waals surface area (Å²) in [5, 5.41) is 3.45. The molecule has 1 fully saturated rings. The smallest absolute Gasteiger partial charge is 0.410 e. The van der Waals surface area contributed by atoms with Gasteiger partial charge in [-0.1, -0.05) is 13.8 Å². The molecule has 0 unspecified atom stereocenters. The van der Waals surface area contributed by atoms with Crippen molar-refractivity contribution in [2.24, 2.45) is 5.92 Å². The van der Waals surface area contributed by atoms with Gasteiger partial charge in [0.15, 0.2) is 0 Å². The van der Waals surface area contributed by atoms with Crippen LogP contribution in [0.15, 0.2) is 0 Å². The molecule has 0 radical (unpaired) electrons. The van der Waals surface area contributed by atoms with Gasteiger partial charge < -0.3 is 15.0 Å². The van der Waals surface area contributed by atoms with Crippen molar-refractivity contribution in [3.8, 4) is 0 Å². The van der Waals surface area contributed by atoms with Gasteiger partial charge in [-0.2, -0.15) is 0 Å². The molecule has 1 aliphatic rings. The third-order valence-corrected chi connectivity index (χ3v) is 3.18. The highest BCUT2D eigenvalue weighted by molar-refractivity contribution is 5.68. The third-order valence-electron chi connectivity index (χ3n) is 3.18. The molecule has 1 rings (SSSR count). The van der Waals surface area contributed by atoms with Crippen LogP contribution < -0.4 is 5.32 Å². The molecule has 0 aromatic rings. The fraction of sp³-hybridized carbons (Fsp3) is 0.933. The zero-order valence-electron chi connectivity index (χ0n) is 13.7. The van der Waals surface area contributed by atoms with E-state index in [1.807, 2.05) is 25.7 Å². The summed E-state index contributed by atoms with van der Waals surface area (Å²) in [5.41, 5.74) is -0.408. The van der Waals surface area contributed by atoms with Gasteiger partial charge in [0.2, 0.25) is 0 Å². The molecule has 0 bridgehead atoms. The fourth-order valence-electron chi connectivity index (χ4n) is 2.11. The number of nitrogens with zero attached hydrogens (tertiary/aromatic N) is 2. The third kappa shape index (κ3) is 7.10. The van der Waals surface area contributed by atoms with Crippen molar-refractivity contribution in [1.82, 2.24) is 15.1 Å². The van der Waals surface area contributed by atoms with Crippen LogP contribution in [-0.2, 0) is 4.74 Å². The molecule has 118 valence electrons. The van der Waals surface area contributed by atoms with Crippen molar-refractivity contribution in [2.75, 3.05) is 45.8 Å². The fourth-order valence-corrected chi connectivity index (χ4v) is 2.11. The molecule has 0 saturated carbocycles. The summed E-state index contributed by atoms with van der Waals surface area (Å²) in [4.78, 5) is 16.1. The standard InChI is InChI=1S/C15H31N3O2/c1-13(2)12-16-6-7-17-8-10-18(11-9-17)14(19)20-15(3,4)5/h13,16H,6-12H2,1-5H3. The van der Waals surface area contributed by atoms with Gasteiger partial charge in [0, 0.05) is 39.3 Å². The first-order chi connectivity index (χ1) is 9.28. The highest BCUT2D eigenvalue weighted by Gasteiger charge is 2.25. The highest BCUT2D eigenvalue weighted by atomic mass is 16.6. The summed E-state index contributed by atoms with van der Waals surface area (Å²) in [7, 11) is 0. The largest absolute Gasteiger partial charge is 0.444 e. The van der Waals surface area contributed by atoms with Gasteiger partial charge in [0.1, 0.15) is 5.60 Å². The SMILES string of the molecule is CC(C)CNCCN1CCN(C(=O)OC(C)(C)C)CC1. The van der Waals surface area contributed by atoms with E-state index in [1.165, 1.54) is 0 Å². The first-order valence-electron chi connectivity index (χ1n) is 7.69. The average molecular weight is 285 g/mol. The molecule has 0 aromatic carbocycles. The Kier molecular flexibility index (Phi) is 6.76. The summed E-state index contributed by atoms with van der Waals surface area (Å²) in [6.45, 7) is 16.7. The molecule has 0 atom stereocenters. The Morgan fingerprint density at radius 3 is 2.30 bits per heavy atom. The van der Waals surface area contributed by atoms with E-state index >= 15 is 0 Å². The molecule has 1 N–H and O–H groups in total. The molecule has 1 amide bonds. The van der Waals surface area contributed by atoms with E-state index in [-0.39, 0.29) is 6.09 Å². The molecule has 1 heterocycles. The second kappa shape index (κ2) is 7.84. The Bertz CT molecular complexity index is 292. The summed E-state index contributed by atoms with van der Waals surface area (Å²) in [6, 6.07) is 0. The number of carbonyl (C=O) groups is 1. The minimum absolute atomic E-state index is 0.185. The van der Waals surface area contributed by atoms with Crippen molar-refractivity contribution in [1.29, 1.82) is 0 Å².